The molecule has 0 amide bonds. The van der Waals surface area contributed by atoms with Crippen molar-refractivity contribution in [1.82, 2.24) is 0 Å². The third-order valence-corrected chi connectivity index (χ3v) is 5.30. The van der Waals surface area contributed by atoms with Gasteiger partial charge in [0.1, 0.15) is 11.9 Å². The van der Waals surface area contributed by atoms with Crippen LogP contribution in [0.15, 0.2) is 18.2 Å². The van der Waals surface area contributed by atoms with Crippen LogP contribution < -0.4 is 4.74 Å². The van der Waals surface area contributed by atoms with Crippen molar-refractivity contribution >= 4 is 34.2 Å². The van der Waals surface area contributed by atoms with Crippen molar-refractivity contribution in [3.8, 4) is 5.75 Å². The zero-order valence-corrected chi connectivity index (χ0v) is 11.2. The van der Waals surface area contributed by atoms with Crippen molar-refractivity contribution in [2.75, 3.05) is 0 Å². The number of hydrogen-bond donors (Lipinski definition) is 0. The summed E-state index contributed by atoms with van der Waals surface area (Å²) < 4.78 is 6.62. The first-order valence-corrected chi connectivity index (χ1v) is 6.98. The number of benzene rings is 1. The average molecular weight is 335 g/mol. The molecule has 1 aliphatic carbocycles. The zero-order valence-electron chi connectivity index (χ0n) is 8.25. The molecule has 0 spiro atoms. The van der Waals surface area contributed by atoms with Crippen molar-refractivity contribution in [2.45, 2.75) is 35.2 Å². The fourth-order valence-electron chi connectivity index (χ4n) is 2.65. The van der Waals surface area contributed by atoms with Crippen LogP contribution in [0.25, 0.3) is 0 Å². The lowest BCUT2D eigenvalue weighted by molar-refractivity contribution is 0.133. The van der Waals surface area contributed by atoms with E-state index in [0.29, 0.717) is 15.9 Å². The maximum atomic E-state index is 6.04. The summed E-state index contributed by atoms with van der Waals surface area (Å²) in [5.74, 6) is 1.70. The van der Waals surface area contributed by atoms with Gasteiger partial charge in [-0.25, -0.2) is 0 Å². The molecule has 1 fully saturated rings. The highest BCUT2D eigenvalue weighted by Crippen LogP contribution is 2.47. The SMILES string of the molecule is Clc1ccc2c(c1)[C@H]1CCC[C@@H](O2)[C@@H]1I. The number of hydrogen-bond acceptors (Lipinski definition) is 1. The van der Waals surface area contributed by atoms with Crippen LogP contribution in [0.3, 0.4) is 0 Å². The molecule has 1 saturated carbocycles. The molecule has 3 heteroatoms. The third kappa shape index (κ3) is 1.66. The average Bonchev–Trinajstić information content (AvgIpc) is 2.20. The van der Waals surface area contributed by atoms with E-state index in [2.05, 4.69) is 28.7 Å². The molecule has 0 saturated heterocycles. The van der Waals surface area contributed by atoms with Gasteiger partial charge in [-0.3, -0.25) is 0 Å². The van der Waals surface area contributed by atoms with Gasteiger partial charge in [-0.05, 0) is 43.0 Å². The van der Waals surface area contributed by atoms with E-state index in [0.717, 1.165) is 10.8 Å². The summed E-state index contributed by atoms with van der Waals surface area (Å²) in [6.07, 6.45) is 4.17. The van der Waals surface area contributed by atoms with Gasteiger partial charge in [-0.15, -0.1) is 0 Å². The van der Waals surface area contributed by atoms with E-state index in [1.165, 1.54) is 24.8 Å². The highest BCUT2D eigenvalue weighted by atomic mass is 127. The molecular formula is C12H12ClIO. The standard InChI is InChI=1S/C12H12ClIO/c13-7-4-5-10-9(6-7)8-2-1-3-11(15-10)12(8)14/h4-6,8,11-12H,1-3H2/t8-,11-,12-/m1/s1. The number of halogens is 2. The Morgan fingerprint density at radius 2 is 2.20 bits per heavy atom. The van der Waals surface area contributed by atoms with E-state index >= 15 is 0 Å². The molecule has 1 aliphatic heterocycles. The Morgan fingerprint density at radius 1 is 1.33 bits per heavy atom. The Morgan fingerprint density at radius 3 is 3.07 bits per heavy atom. The van der Waals surface area contributed by atoms with E-state index in [-0.39, 0.29) is 0 Å². The maximum Gasteiger partial charge on any atom is 0.123 e. The second-order valence-corrected chi connectivity index (χ2v) is 6.20. The molecule has 0 N–H and O–H groups in total. The van der Waals surface area contributed by atoms with E-state index in [4.69, 9.17) is 16.3 Å². The molecule has 80 valence electrons. The lowest BCUT2D eigenvalue weighted by Crippen LogP contribution is -2.39. The number of fused-ring (bicyclic) bond motifs is 4. The first-order valence-electron chi connectivity index (χ1n) is 5.36. The summed E-state index contributed by atoms with van der Waals surface area (Å²) in [7, 11) is 0. The van der Waals surface area contributed by atoms with Gasteiger partial charge in [0.15, 0.2) is 0 Å². The van der Waals surface area contributed by atoms with Gasteiger partial charge in [0.05, 0.1) is 3.92 Å². The monoisotopic (exact) mass is 334 g/mol. The summed E-state index contributed by atoms with van der Waals surface area (Å²) >= 11 is 8.58. The quantitative estimate of drug-likeness (QED) is 0.511. The zero-order chi connectivity index (χ0) is 10.4. The summed E-state index contributed by atoms with van der Waals surface area (Å²) in [5, 5.41) is 0.824. The largest absolute Gasteiger partial charge is 0.489 e. The summed E-state index contributed by atoms with van der Waals surface area (Å²) in [6.45, 7) is 0. The van der Waals surface area contributed by atoms with E-state index < -0.39 is 0 Å². The van der Waals surface area contributed by atoms with Crippen molar-refractivity contribution in [2.24, 2.45) is 0 Å². The first-order chi connectivity index (χ1) is 7.25. The topological polar surface area (TPSA) is 9.23 Å². The Labute approximate surface area is 108 Å². The number of ether oxygens (including phenoxy) is 1. The smallest absolute Gasteiger partial charge is 0.123 e. The minimum absolute atomic E-state index is 0.415. The normalized spacial score (nSPS) is 33.1. The van der Waals surface area contributed by atoms with E-state index in [1.54, 1.807) is 0 Å². The van der Waals surface area contributed by atoms with Crippen molar-refractivity contribution in [1.29, 1.82) is 0 Å². The van der Waals surface area contributed by atoms with Crippen LogP contribution >= 0.6 is 34.2 Å². The van der Waals surface area contributed by atoms with Crippen LogP contribution in [-0.4, -0.2) is 10.0 Å². The Kier molecular flexibility index (Phi) is 2.59. The molecule has 3 atom stereocenters. The lowest BCUT2D eigenvalue weighted by atomic mass is 9.80. The van der Waals surface area contributed by atoms with Gasteiger partial charge in [0, 0.05) is 10.9 Å². The van der Waals surface area contributed by atoms with Crippen LogP contribution in [0.5, 0.6) is 5.75 Å². The Hall–Kier alpha value is 0.0400. The lowest BCUT2D eigenvalue weighted by Gasteiger charge is -2.40. The summed E-state index contributed by atoms with van der Waals surface area (Å²) in [4.78, 5) is 0. The van der Waals surface area contributed by atoms with Crippen molar-refractivity contribution in [3.05, 3.63) is 28.8 Å². The number of alkyl halides is 1. The molecule has 1 nitrogen and oxygen atoms in total. The maximum absolute atomic E-state index is 6.04. The van der Waals surface area contributed by atoms with Crippen LogP contribution in [0.2, 0.25) is 5.02 Å². The molecule has 0 aromatic heterocycles. The van der Waals surface area contributed by atoms with Crippen molar-refractivity contribution in [3.63, 3.8) is 0 Å². The second kappa shape index (κ2) is 3.81. The van der Waals surface area contributed by atoms with Crippen LogP contribution in [-0.2, 0) is 0 Å². The molecule has 15 heavy (non-hydrogen) atoms. The molecule has 2 aliphatic rings. The summed E-state index contributed by atoms with van der Waals surface area (Å²) in [5.41, 5.74) is 1.32. The number of rotatable bonds is 0. The highest BCUT2D eigenvalue weighted by Gasteiger charge is 2.39. The van der Waals surface area contributed by atoms with Gasteiger partial charge in [-0.2, -0.15) is 0 Å². The minimum atomic E-state index is 0.415. The summed E-state index contributed by atoms with van der Waals surface area (Å²) in [6, 6.07) is 6.02. The van der Waals surface area contributed by atoms with Crippen LogP contribution in [0, 0.1) is 0 Å². The van der Waals surface area contributed by atoms with Crippen molar-refractivity contribution < 1.29 is 4.74 Å². The second-order valence-electron chi connectivity index (χ2n) is 4.32. The van der Waals surface area contributed by atoms with Gasteiger partial charge in [-0.1, -0.05) is 34.2 Å². The molecule has 2 bridgehead atoms. The molecule has 3 rings (SSSR count). The van der Waals surface area contributed by atoms with E-state index in [1.807, 2.05) is 12.1 Å². The predicted molar refractivity (Wildman–Crippen MR) is 70.3 cm³/mol. The minimum Gasteiger partial charge on any atom is -0.489 e. The van der Waals surface area contributed by atoms with Crippen LogP contribution in [0.1, 0.15) is 30.7 Å². The molecular weight excluding hydrogens is 322 g/mol. The van der Waals surface area contributed by atoms with Gasteiger partial charge < -0.3 is 4.74 Å². The third-order valence-electron chi connectivity index (χ3n) is 3.39. The molecule has 0 radical (unpaired) electrons. The fourth-order valence-corrected chi connectivity index (χ4v) is 4.08. The fraction of sp³-hybridized carbons (Fsp3) is 0.500. The molecule has 0 unspecified atom stereocenters. The van der Waals surface area contributed by atoms with E-state index in [9.17, 15) is 0 Å². The molecule has 1 aromatic rings. The Balaban J connectivity index is 2.09. The molecule has 1 heterocycles. The van der Waals surface area contributed by atoms with Gasteiger partial charge in [0.25, 0.3) is 0 Å². The predicted octanol–water partition coefficient (Wildman–Crippen LogP) is 4.17. The van der Waals surface area contributed by atoms with Gasteiger partial charge in [0.2, 0.25) is 0 Å². The first kappa shape index (κ1) is 10.2. The highest BCUT2D eigenvalue weighted by molar-refractivity contribution is 14.1. The molecule has 1 aromatic carbocycles. The van der Waals surface area contributed by atoms with Gasteiger partial charge >= 0.3 is 0 Å². The van der Waals surface area contributed by atoms with Crippen LogP contribution in [0.4, 0.5) is 0 Å². The Bertz CT molecular complexity index is 393.